The molecule has 1 fully saturated rings. The molecule has 1 N–H and O–H groups in total. The number of thiazole rings is 1. The van der Waals surface area contributed by atoms with Crippen molar-refractivity contribution in [3.8, 4) is 0 Å². The second kappa shape index (κ2) is 10.1. The summed E-state index contributed by atoms with van der Waals surface area (Å²) in [6, 6.07) is 7.83. The van der Waals surface area contributed by atoms with Crippen molar-refractivity contribution in [1.82, 2.24) is 9.88 Å². The van der Waals surface area contributed by atoms with E-state index in [4.69, 9.17) is 16.3 Å². The third-order valence-corrected chi connectivity index (χ3v) is 6.08. The topological polar surface area (TPSA) is 54.5 Å². The lowest BCUT2D eigenvalue weighted by atomic mass is 9.86. The Balaban J connectivity index is 1.55. The molecule has 7 heteroatoms. The van der Waals surface area contributed by atoms with E-state index in [1.165, 1.54) is 11.3 Å². The van der Waals surface area contributed by atoms with Gasteiger partial charge in [-0.15, -0.1) is 11.3 Å². The number of carbonyl (C=O) groups is 1. The summed E-state index contributed by atoms with van der Waals surface area (Å²) in [5, 5.41) is 6.11. The highest BCUT2D eigenvalue weighted by atomic mass is 35.5. The number of carbonyl (C=O) groups excluding carboxylic acids is 1. The summed E-state index contributed by atoms with van der Waals surface area (Å²) in [6.07, 6.45) is 6.09. The van der Waals surface area contributed by atoms with Gasteiger partial charge in [0.1, 0.15) is 0 Å². The van der Waals surface area contributed by atoms with Gasteiger partial charge in [-0.05, 0) is 43.2 Å². The van der Waals surface area contributed by atoms with E-state index in [-0.39, 0.29) is 12.1 Å². The van der Waals surface area contributed by atoms with Crippen molar-refractivity contribution in [2.75, 3.05) is 18.5 Å². The zero-order chi connectivity index (χ0) is 19.1. The highest BCUT2D eigenvalue weighted by molar-refractivity contribution is 7.13. The molecular weight excluding hydrogens is 382 g/mol. The van der Waals surface area contributed by atoms with Gasteiger partial charge in [0.05, 0.1) is 13.2 Å². The number of nitrogens with zero attached hydrogens (tertiary/aromatic N) is 2. The predicted octanol–water partition coefficient (Wildman–Crippen LogP) is 5.43. The Morgan fingerprint density at radius 2 is 2.11 bits per heavy atom. The fourth-order valence-corrected chi connectivity index (χ4v) is 4.12. The summed E-state index contributed by atoms with van der Waals surface area (Å²) in [6.45, 7) is 3.76. The maximum absolute atomic E-state index is 12.8. The van der Waals surface area contributed by atoms with E-state index >= 15 is 0 Å². The number of nitrogens with one attached hydrogen (secondary N) is 1. The maximum Gasteiger partial charge on any atom is 0.323 e. The predicted molar refractivity (Wildman–Crippen MR) is 110 cm³/mol. The molecule has 1 aliphatic carbocycles. The highest BCUT2D eigenvalue weighted by Gasteiger charge is 2.27. The van der Waals surface area contributed by atoms with Crippen LogP contribution >= 0.6 is 22.9 Å². The molecule has 1 aromatic carbocycles. The Bertz CT molecular complexity index is 718. The Kier molecular flexibility index (Phi) is 7.50. The molecule has 0 saturated heterocycles. The first-order valence-electron chi connectivity index (χ1n) is 9.41. The van der Waals surface area contributed by atoms with Crippen molar-refractivity contribution in [1.29, 1.82) is 0 Å². The van der Waals surface area contributed by atoms with E-state index in [1.807, 2.05) is 34.5 Å². The molecule has 0 bridgehead atoms. The molecule has 0 aliphatic heterocycles. The third kappa shape index (κ3) is 5.92. The molecular formula is C20H26ClN3O2S. The van der Waals surface area contributed by atoms with E-state index in [0.717, 1.165) is 37.2 Å². The number of rotatable bonds is 7. The van der Waals surface area contributed by atoms with Gasteiger partial charge in [0.15, 0.2) is 5.13 Å². The minimum absolute atomic E-state index is 0.0918. The number of anilines is 1. The summed E-state index contributed by atoms with van der Waals surface area (Å²) in [5.74, 6) is 0.738. The molecule has 1 heterocycles. The van der Waals surface area contributed by atoms with E-state index in [9.17, 15) is 4.79 Å². The molecule has 0 radical (unpaired) electrons. The van der Waals surface area contributed by atoms with Gasteiger partial charge >= 0.3 is 6.03 Å². The van der Waals surface area contributed by atoms with Gasteiger partial charge in [-0.2, -0.15) is 0 Å². The first kappa shape index (κ1) is 20.1. The van der Waals surface area contributed by atoms with Crippen LogP contribution in [0.5, 0.6) is 0 Å². The lowest BCUT2D eigenvalue weighted by Gasteiger charge is -2.36. The Labute approximate surface area is 169 Å². The molecule has 0 unspecified atom stereocenters. The third-order valence-electron chi connectivity index (χ3n) is 5.03. The van der Waals surface area contributed by atoms with Crippen molar-refractivity contribution in [3.63, 3.8) is 0 Å². The van der Waals surface area contributed by atoms with Gasteiger partial charge < -0.3 is 9.64 Å². The molecule has 2 aromatic rings. The molecule has 1 saturated carbocycles. The molecule has 1 aliphatic rings. The number of aromatic nitrogens is 1. The van der Waals surface area contributed by atoms with Crippen molar-refractivity contribution < 1.29 is 9.53 Å². The average Bonchev–Trinajstić information content (AvgIpc) is 3.17. The molecule has 27 heavy (non-hydrogen) atoms. The second-order valence-corrected chi connectivity index (χ2v) is 8.32. The van der Waals surface area contributed by atoms with Gasteiger partial charge in [0, 0.05) is 29.2 Å². The molecule has 146 valence electrons. The van der Waals surface area contributed by atoms with Crippen LogP contribution < -0.4 is 5.32 Å². The van der Waals surface area contributed by atoms with E-state index in [2.05, 4.69) is 17.2 Å². The first-order valence-corrected chi connectivity index (χ1v) is 10.7. The standard InChI is InChI=1S/C20H26ClN3O2S/c1-15-6-8-17(9-7-15)24(20(25)23-19-22-10-13-27-19)11-12-26-14-16-4-2-3-5-18(16)21/h2-5,10,13,15,17H,6-9,11-12,14H2,1H3,(H,22,23,25). The molecule has 0 spiro atoms. The van der Waals surface area contributed by atoms with Crippen LogP contribution in [0.15, 0.2) is 35.8 Å². The normalized spacial score (nSPS) is 19.6. The van der Waals surface area contributed by atoms with Gasteiger partial charge in [-0.25, -0.2) is 9.78 Å². The summed E-state index contributed by atoms with van der Waals surface area (Å²) in [7, 11) is 0. The minimum atomic E-state index is -0.0918. The van der Waals surface area contributed by atoms with E-state index < -0.39 is 0 Å². The minimum Gasteiger partial charge on any atom is -0.375 e. The second-order valence-electron chi connectivity index (χ2n) is 7.02. The van der Waals surface area contributed by atoms with Gasteiger partial charge in [-0.1, -0.05) is 36.7 Å². The van der Waals surface area contributed by atoms with Crippen LogP contribution in [0.2, 0.25) is 5.02 Å². The summed E-state index contributed by atoms with van der Waals surface area (Å²) >= 11 is 7.60. The van der Waals surface area contributed by atoms with Crippen LogP contribution in [-0.2, 0) is 11.3 Å². The zero-order valence-electron chi connectivity index (χ0n) is 15.6. The number of amides is 2. The number of benzene rings is 1. The van der Waals surface area contributed by atoms with Crippen LogP contribution in [-0.4, -0.2) is 35.1 Å². The summed E-state index contributed by atoms with van der Waals surface area (Å²) < 4.78 is 5.81. The monoisotopic (exact) mass is 407 g/mol. The van der Waals surface area contributed by atoms with Crippen molar-refractivity contribution >= 4 is 34.1 Å². The van der Waals surface area contributed by atoms with Crippen LogP contribution in [0.3, 0.4) is 0 Å². The summed E-state index contributed by atoms with van der Waals surface area (Å²) in [5.41, 5.74) is 0.962. The fourth-order valence-electron chi connectivity index (χ4n) is 3.41. The Morgan fingerprint density at radius 1 is 1.33 bits per heavy atom. The Morgan fingerprint density at radius 3 is 2.81 bits per heavy atom. The van der Waals surface area contributed by atoms with Gasteiger partial charge in [0.2, 0.25) is 0 Å². The van der Waals surface area contributed by atoms with Crippen molar-refractivity contribution in [3.05, 3.63) is 46.4 Å². The molecule has 2 amide bonds. The highest BCUT2D eigenvalue weighted by Crippen LogP contribution is 2.27. The first-order chi connectivity index (χ1) is 13.1. The maximum atomic E-state index is 12.8. The molecule has 5 nitrogen and oxygen atoms in total. The number of urea groups is 1. The SMILES string of the molecule is CC1CCC(N(CCOCc2ccccc2Cl)C(=O)Nc2nccs2)CC1. The van der Waals surface area contributed by atoms with Crippen molar-refractivity contribution in [2.24, 2.45) is 5.92 Å². The van der Waals surface area contributed by atoms with Gasteiger partial charge in [0.25, 0.3) is 0 Å². The number of hydrogen-bond acceptors (Lipinski definition) is 4. The van der Waals surface area contributed by atoms with Crippen LogP contribution in [0, 0.1) is 5.92 Å². The summed E-state index contributed by atoms with van der Waals surface area (Å²) in [4.78, 5) is 18.9. The number of ether oxygens (including phenoxy) is 1. The zero-order valence-corrected chi connectivity index (χ0v) is 17.1. The van der Waals surface area contributed by atoms with Crippen molar-refractivity contribution in [2.45, 2.75) is 45.3 Å². The quantitative estimate of drug-likeness (QED) is 0.623. The van der Waals surface area contributed by atoms with Crippen LogP contribution in [0.4, 0.5) is 9.93 Å². The smallest absolute Gasteiger partial charge is 0.323 e. The molecule has 3 rings (SSSR count). The lowest BCUT2D eigenvalue weighted by molar-refractivity contribution is 0.0813. The van der Waals surface area contributed by atoms with Crippen LogP contribution in [0.25, 0.3) is 0 Å². The molecule has 0 atom stereocenters. The average molecular weight is 408 g/mol. The largest absolute Gasteiger partial charge is 0.375 e. The fraction of sp³-hybridized carbons (Fsp3) is 0.500. The molecule has 1 aromatic heterocycles. The number of halogens is 1. The van der Waals surface area contributed by atoms with E-state index in [0.29, 0.717) is 29.9 Å². The Hall–Kier alpha value is -1.63. The van der Waals surface area contributed by atoms with Gasteiger partial charge in [-0.3, -0.25) is 5.32 Å². The lowest BCUT2D eigenvalue weighted by Crippen LogP contribution is -2.46. The number of hydrogen-bond donors (Lipinski definition) is 1. The van der Waals surface area contributed by atoms with Crippen LogP contribution in [0.1, 0.15) is 38.2 Å². The van der Waals surface area contributed by atoms with E-state index in [1.54, 1.807) is 6.20 Å².